The van der Waals surface area contributed by atoms with Gasteiger partial charge >= 0.3 is 6.09 Å². The van der Waals surface area contributed by atoms with Crippen molar-refractivity contribution >= 4 is 6.09 Å². The molecule has 2 rings (SSSR count). The van der Waals surface area contributed by atoms with E-state index in [2.05, 4.69) is 0 Å². The number of likely N-dealkylation sites (tertiary alicyclic amines) is 1. The quantitative estimate of drug-likeness (QED) is 0.522. The molecule has 1 aliphatic heterocycles. The van der Waals surface area contributed by atoms with Gasteiger partial charge in [0.15, 0.2) is 0 Å². The zero-order valence-electron chi connectivity index (χ0n) is 6.23. The maximum absolute atomic E-state index is 10.6. The first-order valence-corrected chi connectivity index (χ1v) is 3.93. The third-order valence-electron chi connectivity index (χ3n) is 2.84. The average Bonchev–Trinajstić information content (AvgIpc) is 2.43. The molecule has 0 radical (unpaired) electrons. The van der Waals surface area contributed by atoms with Crippen LogP contribution in [-0.2, 0) is 0 Å². The number of amides is 1. The molecule has 3 unspecified atom stereocenters. The summed E-state index contributed by atoms with van der Waals surface area (Å²) in [4.78, 5) is 12.1. The van der Waals surface area contributed by atoms with Crippen molar-refractivity contribution in [2.24, 2.45) is 11.7 Å². The fourth-order valence-electron chi connectivity index (χ4n) is 2.23. The number of nitrogens with two attached hydrogens (primary N) is 1. The second kappa shape index (κ2) is 2.11. The molecule has 3 N–H and O–H groups in total. The Balaban J connectivity index is 2.08. The van der Waals surface area contributed by atoms with Crippen LogP contribution in [0.1, 0.15) is 12.8 Å². The highest BCUT2D eigenvalue weighted by Crippen LogP contribution is 2.36. The van der Waals surface area contributed by atoms with Gasteiger partial charge in [-0.05, 0) is 18.8 Å². The molecule has 11 heavy (non-hydrogen) atoms. The molecule has 2 bridgehead atoms. The zero-order chi connectivity index (χ0) is 8.01. The molecule has 2 aliphatic rings. The lowest BCUT2D eigenvalue weighted by Crippen LogP contribution is -2.43. The summed E-state index contributed by atoms with van der Waals surface area (Å²) in [5, 5.41) is 8.71. The van der Waals surface area contributed by atoms with E-state index in [1.54, 1.807) is 0 Å². The fraction of sp³-hybridized carbons (Fsp3) is 0.857. The molecule has 0 aromatic heterocycles. The van der Waals surface area contributed by atoms with Crippen LogP contribution in [0.2, 0.25) is 0 Å². The van der Waals surface area contributed by atoms with E-state index in [-0.39, 0.29) is 12.1 Å². The van der Waals surface area contributed by atoms with Gasteiger partial charge in [0.25, 0.3) is 0 Å². The Kier molecular flexibility index (Phi) is 1.32. The monoisotopic (exact) mass is 156 g/mol. The molecule has 0 spiro atoms. The summed E-state index contributed by atoms with van der Waals surface area (Å²) >= 11 is 0. The van der Waals surface area contributed by atoms with Gasteiger partial charge < -0.3 is 15.7 Å². The van der Waals surface area contributed by atoms with Gasteiger partial charge in [0.2, 0.25) is 0 Å². The van der Waals surface area contributed by atoms with Crippen LogP contribution in [0.15, 0.2) is 0 Å². The first-order chi connectivity index (χ1) is 5.18. The first-order valence-electron chi connectivity index (χ1n) is 3.93. The van der Waals surface area contributed by atoms with Gasteiger partial charge in [-0.3, -0.25) is 0 Å². The number of hydrogen-bond donors (Lipinski definition) is 2. The van der Waals surface area contributed by atoms with E-state index in [1.807, 2.05) is 0 Å². The van der Waals surface area contributed by atoms with Gasteiger partial charge in [0.05, 0.1) is 0 Å². The number of carboxylic acid groups (broad SMARTS) is 1. The lowest BCUT2D eigenvalue weighted by atomic mass is 10.0. The van der Waals surface area contributed by atoms with Crippen molar-refractivity contribution in [2.75, 3.05) is 6.54 Å². The van der Waals surface area contributed by atoms with E-state index >= 15 is 0 Å². The van der Waals surface area contributed by atoms with Crippen LogP contribution < -0.4 is 5.73 Å². The number of nitrogens with zero attached hydrogens (tertiary/aromatic N) is 1. The summed E-state index contributed by atoms with van der Waals surface area (Å²) in [5.74, 6) is 0.427. The second-order valence-electron chi connectivity index (χ2n) is 3.48. The van der Waals surface area contributed by atoms with E-state index in [4.69, 9.17) is 10.8 Å². The van der Waals surface area contributed by atoms with Gasteiger partial charge in [-0.2, -0.15) is 0 Å². The third kappa shape index (κ3) is 0.894. The van der Waals surface area contributed by atoms with Crippen molar-refractivity contribution in [3.8, 4) is 0 Å². The van der Waals surface area contributed by atoms with Crippen LogP contribution in [0.5, 0.6) is 0 Å². The molecule has 3 atom stereocenters. The summed E-state index contributed by atoms with van der Waals surface area (Å²) < 4.78 is 0. The average molecular weight is 156 g/mol. The van der Waals surface area contributed by atoms with Gasteiger partial charge in [0.1, 0.15) is 0 Å². The van der Waals surface area contributed by atoms with Crippen LogP contribution in [-0.4, -0.2) is 34.7 Å². The number of fused-ring (bicyclic) bond motifs is 2. The van der Waals surface area contributed by atoms with Crippen LogP contribution in [0, 0.1) is 5.92 Å². The van der Waals surface area contributed by atoms with Crippen LogP contribution in [0.25, 0.3) is 0 Å². The lowest BCUT2D eigenvalue weighted by Gasteiger charge is -2.27. The molecule has 2 fully saturated rings. The number of hydrogen-bond acceptors (Lipinski definition) is 2. The van der Waals surface area contributed by atoms with Gasteiger partial charge in [0, 0.05) is 18.6 Å². The maximum atomic E-state index is 10.6. The Bertz CT molecular complexity index is 193. The van der Waals surface area contributed by atoms with E-state index in [1.165, 1.54) is 4.90 Å². The van der Waals surface area contributed by atoms with Crippen molar-refractivity contribution in [1.82, 2.24) is 4.90 Å². The lowest BCUT2D eigenvalue weighted by molar-refractivity contribution is 0.127. The van der Waals surface area contributed by atoms with E-state index in [9.17, 15) is 4.79 Å². The molecule has 1 aliphatic carbocycles. The van der Waals surface area contributed by atoms with Crippen LogP contribution in [0.4, 0.5) is 4.79 Å². The highest BCUT2D eigenvalue weighted by atomic mass is 16.4. The molecule has 1 amide bonds. The van der Waals surface area contributed by atoms with Gasteiger partial charge in [-0.1, -0.05) is 0 Å². The molecular weight excluding hydrogens is 144 g/mol. The molecule has 62 valence electrons. The summed E-state index contributed by atoms with van der Waals surface area (Å²) in [6.45, 7) is 0.654. The molecule has 0 aromatic carbocycles. The van der Waals surface area contributed by atoms with Crippen LogP contribution in [0.3, 0.4) is 0 Å². The standard InChI is InChI=1S/C7H12N2O2/c8-6-2-5-1-4(6)3-9(5)7(10)11/h4-6H,1-3,8H2,(H,10,11). The highest BCUT2D eigenvalue weighted by Gasteiger charge is 2.44. The van der Waals surface area contributed by atoms with Crippen molar-refractivity contribution < 1.29 is 9.90 Å². The van der Waals surface area contributed by atoms with Crippen molar-refractivity contribution in [3.63, 3.8) is 0 Å². The predicted molar refractivity (Wildman–Crippen MR) is 39.2 cm³/mol. The van der Waals surface area contributed by atoms with Crippen LogP contribution >= 0.6 is 0 Å². The van der Waals surface area contributed by atoms with Crippen molar-refractivity contribution in [2.45, 2.75) is 24.9 Å². The molecule has 4 nitrogen and oxygen atoms in total. The molecular formula is C7H12N2O2. The minimum absolute atomic E-state index is 0.215. The van der Waals surface area contributed by atoms with Crippen molar-refractivity contribution in [1.29, 1.82) is 0 Å². The maximum Gasteiger partial charge on any atom is 0.407 e. The van der Waals surface area contributed by atoms with Crippen molar-refractivity contribution in [3.05, 3.63) is 0 Å². The number of carbonyl (C=O) groups is 1. The predicted octanol–water partition coefficient (Wildman–Crippen LogP) is 0.0859. The normalized spacial score (nSPS) is 41.5. The highest BCUT2D eigenvalue weighted by molar-refractivity contribution is 5.66. The fourth-order valence-corrected chi connectivity index (χ4v) is 2.23. The third-order valence-corrected chi connectivity index (χ3v) is 2.84. The minimum Gasteiger partial charge on any atom is -0.465 e. The molecule has 1 saturated heterocycles. The largest absolute Gasteiger partial charge is 0.465 e. The first kappa shape index (κ1) is 6.91. The Morgan fingerprint density at radius 2 is 2.27 bits per heavy atom. The zero-order valence-corrected chi connectivity index (χ0v) is 6.23. The Morgan fingerprint density at radius 1 is 1.55 bits per heavy atom. The van der Waals surface area contributed by atoms with E-state index in [0.29, 0.717) is 12.5 Å². The molecule has 1 saturated carbocycles. The van der Waals surface area contributed by atoms with Gasteiger partial charge in [-0.15, -0.1) is 0 Å². The number of piperidine rings is 1. The summed E-state index contributed by atoms with van der Waals surface area (Å²) in [7, 11) is 0. The SMILES string of the molecule is NC1CC2CC1CN2C(=O)O. The Morgan fingerprint density at radius 3 is 2.64 bits per heavy atom. The Hall–Kier alpha value is -0.770. The smallest absolute Gasteiger partial charge is 0.407 e. The second-order valence-corrected chi connectivity index (χ2v) is 3.48. The molecule has 0 aromatic rings. The summed E-state index contributed by atoms with van der Waals surface area (Å²) in [5.41, 5.74) is 5.76. The molecule has 1 heterocycles. The summed E-state index contributed by atoms with van der Waals surface area (Å²) in [6, 6.07) is 0.461. The topological polar surface area (TPSA) is 66.6 Å². The minimum atomic E-state index is -0.788. The molecule has 4 heteroatoms. The summed E-state index contributed by atoms with van der Waals surface area (Å²) in [6.07, 6.45) is 1.05. The Labute approximate surface area is 65.0 Å². The van der Waals surface area contributed by atoms with E-state index < -0.39 is 6.09 Å². The van der Waals surface area contributed by atoms with E-state index in [0.717, 1.165) is 12.8 Å². The number of rotatable bonds is 0. The van der Waals surface area contributed by atoms with Gasteiger partial charge in [-0.25, -0.2) is 4.79 Å².